The molecule has 0 amide bonds. The van der Waals surface area contributed by atoms with Crippen LogP contribution in [0.1, 0.15) is 23.9 Å². The highest BCUT2D eigenvalue weighted by Crippen LogP contribution is 2.24. The Morgan fingerprint density at radius 1 is 1.42 bits per heavy atom. The molecule has 0 saturated heterocycles. The lowest BCUT2D eigenvalue weighted by molar-refractivity contribution is 0.835. The van der Waals surface area contributed by atoms with E-state index < -0.39 is 0 Å². The van der Waals surface area contributed by atoms with E-state index in [9.17, 15) is 0 Å². The first kappa shape index (κ1) is 13.7. The number of nitrogen functional groups attached to an aromatic ring is 1. The zero-order valence-corrected chi connectivity index (χ0v) is 12.5. The summed E-state index contributed by atoms with van der Waals surface area (Å²) in [5, 5.41) is 4.54. The molecule has 0 unspecified atom stereocenters. The summed E-state index contributed by atoms with van der Waals surface area (Å²) < 4.78 is 1.76. The molecule has 2 heterocycles. The first-order valence-corrected chi connectivity index (χ1v) is 7.29. The summed E-state index contributed by atoms with van der Waals surface area (Å²) in [7, 11) is 0. The van der Waals surface area contributed by atoms with E-state index in [0.717, 1.165) is 33.4 Å². The van der Waals surface area contributed by atoms with E-state index in [1.165, 1.54) is 0 Å². The maximum atomic E-state index is 5.98. The second-order valence-corrected chi connectivity index (χ2v) is 5.13. The van der Waals surface area contributed by atoms with Gasteiger partial charge in [-0.25, -0.2) is 9.67 Å². The Bertz CT molecular complexity index is 605. The van der Waals surface area contributed by atoms with Gasteiger partial charge >= 0.3 is 0 Å². The molecule has 4 nitrogen and oxygen atoms in total. The van der Waals surface area contributed by atoms with Gasteiger partial charge in [0.1, 0.15) is 0 Å². The van der Waals surface area contributed by atoms with Crippen molar-refractivity contribution < 1.29 is 0 Å². The Hall–Kier alpha value is -1.75. The quantitative estimate of drug-likeness (QED) is 0.934. The molecule has 0 fully saturated rings. The highest BCUT2D eigenvalue weighted by atomic mass is 32.2. The summed E-state index contributed by atoms with van der Waals surface area (Å²) in [5.74, 6) is 0.753. The molecule has 2 aromatic heterocycles. The summed E-state index contributed by atoms with van der Waals surface area (Å²) in [4.78, 5) is 5.67. The van der Waals surface area contributed by atoms with Gasteiger partial charge in [-0.05, 0) is 38.7 Å². The summed E-state index contributed by atoms with van der Waals surface area (Å²) in [5.41, 5.74) is 9.64. The standard InChI is InChI=1S/C14H18N4S/c1-5-13(19-4)12-6-7-18(17-12)14-8-11(15)9(2)10(3)16-14/h5-8H,1-4H3,(H2,15,16)/b13-5-. The zero-order chi connectivity index (χ0) is 14.0. The lowest BCUT2D eigenvalue weighted by Gasteiger charge is -2.07. The first-order chi connectivity index (χ1) is 9.06. The molecule has 19 heavy (non-hydrogen) atoms. The smallest absolute Gasteiger partial charge is 0.155 e. The Labute approximate surface area is 117 Å². The van der Waals surface area contributed by atoms with Gasteiger partial charge in [-0.3, -0.25) is 0 Å². The van der Waals surface area contributed by atoms with E-state index in [4.69, 9.17) is 5.73 Å². The van der Waals surface area contributed by atoms with Crippen LogP contribution in [0.2, 0.25) is 0 Å². The van der Waals surface area contributed by atoms with Crippen molar-refractivity contribution in [2.75, 3.05) is 12.0 Å². The highest BCUT2D eigenvalue weighted by molar-refractivity contribution is 8.07. The Morgan fingerprint density at radius 3 is 2.74 bits per heavy atom. The minimum atomic E-state index is 0.746. The number of nitrogens with two attached hydrogens (primary N) is 1. The number of aromatic nitrogens is 3. The number of nitrogens with zero attached hydrogens (tertiary/aromatic N) is 3. The van der Waals surface area contributed by atoms with Crippen molar-refractivity contribution in [3.63, 3.8) is 0 Å². The van der Waals surface area contributed by atoms with Crippen LogP contribution in [0.15, 0.2) is 24.4 Å². The second-order valence-electron chi connectivity index (χ2n) is 4.28. The van der Waals surface area contributed by atoms with Gasteiger partial charge in [-0.1, -0.05) is 6.08 Å². The number of pyridine rings is 1. The molecule has 0 aliphatic carbocycles. The van der Waals surface area contributed by atoms with E-state index in [2.05, 4.69) is 16.2 Å². The minimum Gasteiger partial charge on any atom is -0.398 e. The normalized spacial score (nSPS) is 11.9. The number of allylic oxidation sites excluding steroid dienone is 1. The van der Waals surface area contributed by atoms with Gasteiger partial charge in [-0.15, -0.1) is 11.8 Å². The molecule has 2 rings (SSSR count). The van der Waals surface area contributed by atoms with E-state index in [-0.39, 0.29) is 0 Å². The van der Waals surface area contributed by atoms with Crippen LogP contribution in [-0.4, -0.2) is 21.0 Å². The van der Waals surface area contributed by atoms with Crippen LogP contribution in [0, 0.1) is 13.8 Å². The van der Waals surface area contributed by atoms with Gasteiger partial charge in [0.2, 0.25) is 0 Å². The number of rotatable bonds is 3. The van der Waals surface area contributed by atoms with Crippen LogP contribution in [0.5, 0.6) is 0 Å². The van der Waals surface area contributed by atoms with Crippen molar-refractivity contribution in [2.24, 2.45) is 0 Å². The fourth-order valence-corrected chi connectivity index (χ4v) is 2.37. The van der Waals surface area contributed by atoms with Gasteiger partial charge in [0.25, 0.3) is 0 Å². The van der Waals surface area contributed by atoms with Crippen molar-refractivity contribution in [3.05, 3.63) is 41.4 Å². The maximum Gasteiger partial charge on any atom is 0.155 e. The lowest BCUT2D eigenvalue weighted by Crippen LogP contribution is -2.04. The molecule has 2 aromatic rings. The van der Waals surface area contributed by atoms with Crippen LogP contribution >= 0.6 is 11.8 Å². The molecule has 0 atom stereocenters. The predicted octanol–water partition coefficient (Wildman–Crippen LogP) is 3.19. The molecule has 0 bridgehead atoms. The Kier molecular flexibility index (Phi) is 3.95. The second kappa shape index (κ2) is 5.48. The van der Waals surface area contributed by atoms with Crippen molar-refractivity contribution in [2.45, 2.75) is 20.8 Å². The first-order valence-electron chi connectivity index (χ1n) is 6.07. The van der Waals surface area contributed by atoms with Crippen LogP contribution in [0.3, 0.4) is 0 Å². The van der Waals surface area contributed by atoms with Gasteiger partial charge in [-0.2, -0.15) is 5.10 Å². The molecule has 5 heteroatoms. The van der Waals surface area contributed by atoms with Gasteiger partial charge in [0, 0.05) is 28.5 Å². The van der Waals surface area contributed by atoms with Gasteiger partial charge < -0.3 is 5.73 Å². The topological polar surface area (TPSA) is 56.7 Å². The molecule has 0 aliphatic heterocycles. The lowest BCUT2D eigenvalue weighted by atomic mass is 10.2. The van der Waals surface area contributed by atoms with Crippen molar-refractivity contribution in [1.29, 1.82) is 0 Å². The molecular formula is C14H18N4S. The zero-order valence-electron chi connectivity index (χ0n) is 11.6. The van der Waals surface area contributed by atoms with E-state index in [0.29, 0.717) is 0 Å². The fraction of sp³-hybridized carbons (Fsp3) is 0.286. The van der Waals surface area contributed by atoms with Crippen LogP contribution < -0.4 is 5.73 Å². The molecule has 0 spiro atoms. The Balaban J connectivity index is 2.44. The third-order valence-electron chi connectivity index (χ3n) is 3.10. The van der Waals surface area contributed by atoms with E-state index in [1.807, 2.05) is 45.4 Å². The number of thioether (sulfide) groups is 1. The fourth-order valence-electron chi connectivity index (χ4n) is 1.81. The molecule has 0 aromatic carbocycles. The van der Waals surface area contributed by atoms with Gasteiger partial charge in [0.05, 0.1) is 5.69 Å². The van der Waals surface area contributed by atoms with Crippen LogP contribution in [0.4, 0.5) is 5.69 Å². The van der Waals surface area contributed by atoms with Crippen LogP contribution in [-0.2, 0) is 0 Å². The summed E-state index contributed by atoms with van der Waals surface area (Å²) in [6.07, 6.45) is 6.01. The molecule has 0 aliphatic rings. The van der Waals surface area contributed by atoms with Crippen molar-refractivity contribution in [3.8, 4) is 5.82 Å². The summed E-state index contributed by atoms with van der Waals surface area (Å²) in [6, 6.07) is 3.84. The third kappa shape index (κ3) is 2.66. The monoisotopic (exact) mass is 274 g/mol. The third-order valence-corrected chi connectivity index (χ3v) is 3.99. The molecule has 2 N–H and O–H groups in total. The van der Waals surface area contributed by atoms with E-state index in [1.54, 1.807) is 16.4 Å². The largest absolute Gasteiger partial charge is 0.398 e. The average molecular weight is 274 g/mol. The van der Waals surface area contributed by atoms with Gasteiger partial charge in [0.15, 0.2) is 5.82 Å². The minimum absolute atomic E-state index is 0.746. The summed E-state index contributed by atoms with van der Waals surface area (Å²) >= 11 is 1.68. The summed E-state index contributed by atoms with van der Waals surface area (Å²) in [6.45, 7) is 5.94. The van der Waals surface area contributed by atoms with E-state index >= 15 is 0 Å². The number of hydrogen-bond acceptors (Lipinski definition) is 4. The predicted molar refractivity (Wildman–Crippen MR) is 82.4 cm³/mol. The Morgan fingerprint density at radius 2 is 2.16 bits per heavy atom. The van der Waals surface area contributed by atoms with Crippen molar-refractivity contribution >= 4 is 22.4 Å². The average Bonchev–Trinajstić information content (AvgIpc) is 2.86. The highest BCUT2D eigenvalue weighted by Gasteiger charge is 2.08. The molecule has 0 radical (unpaired) electrons. The molecule has 0 saturated carbocycles. The number of hydrogen-bond donors (Lipinski definition) is 1. The van der Waals surface area contributed by atoms with Crippen LogP contribution in [0.25, 0.3) is 10.7 Å². The molecular weight excluding hydrogens is 256 g/mol. The SMILES string of the molecule is C/C=C(\SC)c1ccn(-c2cc(N)c(C)c(C)n2)n1. The number of aryl methyl sites for hydroxylation is 1. The number of anilines is 1. The molecule has 100 valence electrons. The maximum absolute atomic E-state index is 5.98. The van der Waals surface area contributed by atoms with Crippen molar-refractivity contribution in [1.82, 2.24) is 14.8 Å².